The van der Waals surface area contributed by atoms with Gasteiger partial charge in [-0.05, 0) is 29.8 Å². The fourth-order valence-corrected chi connectivity index (χ4v) is 5.83. The van der Waals surface area contributed by atoms with E-state index in [-0.39, 0.29) is 31.3 Å². The maximum atomic E-state index is 14.3. The van der Waals surface area contributed by atoms with Crippen LogP contribution < -0.4 is 9.05 Å². The zero-order valence-corrected chi connectivity index (χ0v) is 23.4. The van der Waals surface area contributed by atoms with E-state index in [1.165, 1.54) is 12.2 Å². The molecule has 3 aromatic carbocycles. The quantitative estimate of drug-likeness (QED) is 0.187. The van der Waals surface area contributed by atoms with Crippen LogP contribution in [0.4, 0.5) is 0 Å². The summed E-state index contributed by atoms with van der Waals surface area (Å²) in [4.78, 5) is 0. The molecule has 0 amide bonds. The number of phosphoric ester groups is 1. The summed E-state index contributed by atoms with van der Waals surface area (Å²) in [6.07, 6.45) is -4.66. The van der Waals surface area contributed by atoms with Gasteiger partial charge in [-0.1, -0.05) is 78.9 Å². The number of hydrogen-bond acceptors (Lipinski definition) is 9. The van der Waals surface area contributed by atoms with Gasteiger partial charge in [0.2, 0.25) is 0 Å². The summed E-state index contributed by atoms with van der Waals surface area (Å²) in [5.41, 5.74) is 0.820. The molecule has 0 bridgehead atoms. The molecule has 1 fully saturated rings. The van der Waals surface area contributed by atoms with Crippen LogP contribution in [0.15, 0.2) is 116 Å². The highest BCUT2D eigenvalue weighted by atomic mass is 31.2. The molecule has 6 atom stereocenters. The first kappa shape index (κ1) is 30.7. The second kappa shape index (κ2) is 15.1. The van der Waals surface area contributed by atoms with Gasteiger partial charge in [-0.15, -0.1) is 13.2 Å². The van der Waals surface area contributed by atoms with E-state index in [0.717, 1.165) is 5.56 Å². The Hall–Kier alpha value is -3.27. The van der Waals surface area contributed by atoms with Gasteiger partial charge in [-0.3, -0.25) is 4.52 Å². The fraction of sp³-hybridized carbons (Fsp3) is 0.290. The summed E-state index contributed by atoms with van der Waals surface area (Å²) in [6.45, 7) is 7.47. The largest absolute Gasteiger partial charge is 0.588 e. The highest BCUT2D eigenvalue weighted by Crippen LogP contribution is 2.52. The van der Waals surface area contributed by atoms with Crippen molar-refractivity contribution in [2.24, 2.45) is 0 Å². The number of aliphatic hydroxyl groups excluding tert-OH is 2. The second-order valence-corrected chi connectivity index (χ2v) is 10.7. The molecule has 218 valence electrons. The van der Waals surface area contributed by atoms with Gasteiger partial charge in [0, 0.05) is 0 Å². The summed E-state index contributed by atoms with van der Waals surface area (Å²) >= 11 is 0. The van der Waals surface area contributed by atoms with Crippen LogP contribution >= 0.6 is 7.82 Å². The first-order valence-corrected chi connectivity index (χ1v) is 14.6. The van der Waals surface area contributed by atoms with Crippen LogP contribution in [0.3, 0.4) is 0 Å². The molecule has 0 aliphatic heterocycles. The van der Waals surface area contributed by atoms with Crippen molar-refractivity contribution in [1.82, 2.24) is 0 Å². The first-order chi connectivity index (χ1) is 19.9. The normalized spacial score (nSPS) is 24.3. The summed E-state index contributed by atoms with van der Waals surface area (Å²) in [7, 11) is -4.49. The Morgan fingerprint density at radius 2 is 1.07 bits per heavy atom. The lowest BCUT2D eigenvalue weighted by Crippen LogP contribution is -2.66. The number of ether oxygens (including phenoxy) is 3. The molecule has 1 aliphatic rings. The van der Waals surface area contributed by atoms with Crippen molar-refractivity contribution in [3.05, 3.63) is 122 Å². The Balaban J connectivity index is 1.72. The van der Waals surface area contributed by atoms with Gasteiger partial charge in [-0.25, -0.2) is 4.57 Å². The second-order valence-electron chi connectivity index (χ2n) is 9.24. The van der Waals surface area contributed by atoms with E-state index >= 15 is 0 Å². The number of aliphatic hydroxyl groups is 2. The molecule has 0 saturated heterocycles. The smallest absolute Gasteiger partial charge is 0.395 e. The molecule has 0 spiro atoms. The minimum absolute atomic E-state index is 0.0145. The first-order valence-electron chi connectivity index (χ1n) is 13.2. The van der Waals surface area contributed by atoms with Crippen molar-refractivity contribution in [3.63, 3.8) is 0 Å². The van der Waals surface area contributed by atoms with E-state index in [0.29, 0.717) is 0 Å². The lowest BCUT2D eigenvalue weighted by atomic mass is 9.84. The van der Waals surface area contributed by atoms with E-state index in [4.69, 9.17) is 27.8 Å². The van der Waals surface area contributed by atoms with Gasteiger partial charge < -0.3 is 33.5 Å². The third-order valence-electron chi connectivity index (χ3n) is 6.26. The predicted molar refractivity (Wildman–Crippen MR) is 154 cm³/mol. The molecule has 10 heteroatoms. The van der Waals surface area contributed by atoms with Gasteiger partial charge in [-0.2, -0.15) is 0 Å². The number of hydrogen-bond donors (Lipinski definition) is 2. The molecular weight excluding hydrogens is 547 g/mol. The van der Waals surface area contributed by atoms with Crippen molar-refractivity contribution in [1.29, 1.82) is 0 Å². The van der Waals surface area contributed by atoms with Crippen molar-refractivity contribution < 1.29 is 42.6 Å². The zero-order valence-electron chi connectivity index (χ0n) is 22.5. The van der Waals surface area contributed by atoms with E-state index < -0.39 is 44.4 Å². The van der Waals surface area contributed by atoms with E-state index in [2.05, 4.69) is 13.2 Å². The van der Waals surface area contributed by atoms with E-state index in [1.54, 1.807) is 60.7 Å². The van der Waals surface area contributed by atoms with Crippen molar-refractivity contribution >= 4 is 7.82 Å². The summed E-state index contributed by atoms with van der Waals surface area (Å²) in [6, 6.07) is 26.1. The number of para-hydroxylation sites is 2. The fourth-order valence-electron chi connectivity index (χ4n) is 4.41. The highest BCUT2D eigenvalue weighted by Gasteiger charge is 2.55. The number of phosphoric acid groups is 1. The topological polar surface area (TPSA) is 113 Å². The average Bonchev–Trinajstić information content (AvgIpc) is 2.98. The molecule has 0 radical (unpaired) electrons. The number of rotatable bonds is 15. The Labute approximate surface area is 240 Å². The lowest BCUT2D eigenvalue weighted by Gasteiger charge is -2.46. The molecule has 41 heavy (non-hydrogen) atoms. The summed E-state index contributed by atoms with van der Waals surface area (Å²) < 4.78 is 49.9. The molecule has 0 unspecified atom stereocenters. The third-order valence-corrected chi connectivity index (χ3v) is 7.63. The average molecular weight is 583 g/mol. The van der Waals surface area contributed by atoms with Crippen molar-refractivity contribution in [2.75, 3.05) is 13.2 Å². The van der Waals surface area contributed by atoms with Gasteiger partial charge in [0.05, 0.1) is 19.8 Å². The van der Waals surface area contributed by atoms with Crippen LogP contribution in [-0.2, 0) is 29.9 Å². The molecule has 1 saturated carbocycles. The van der Waals surface area contributed by atoms with Gasteiger partial charge in [0.25, 0.3) is 0 Å². The molecule has 0 heterocycles. The Morgan fingerprint density at radius 1 is 0.634 bits per heavy atom. The van der Waals surface area contributed by atoms with Gasteiger partial charge >= 0.3 is 7.82 Å². The van der Waals surface area contributed by atoms with Crippen LogP contribution in [0.2, 0.25) is 0 Å². The lowest BCUT2D eigenvalue weighted by molar-refractivity contribution is -0.250. The minimum atomic E-state index is -4.49. The van der Waals surface area contributed by atoms with Crippen LogP contribution in [0.5, 0.6) is 11.5 Å². The molecule has 1 aliphatic carbocycles. The van der Waals surface area contributed by atoms with E-state index in [9.17, 15) is 14.8 Å². The maximum absolute atomic E-state index is 14.3. The molecule has 3 aromatic rings. The Kier molecular flexibility index (Phi) is 11.3. The monoisotopic (exact) mass is 582 g/mol. The SMILES string of the molecule is C=CCO[C@@H]1[C@@H](O)[C@@H](OCc2ccccc2)[C@@H](OP(=O)(Oc2ccccc2)Oc2ccccc2)[C@H](OCC=C)[C@H]1O. The third kappa shape index (κ3) is 8.38. The Morgan fingerprint density at radius 3 is 1.56 bits per heavy atom. The van der Waals surface area contributed by atoms with E-state index in [1.807, 2.05) is 30.3 Å². The van der Waals surface area contributed by atoms with Gasteiger partial charge in [0.15, 0.2) is 0 Å². The zero-order chi connectivity index (χ0) is 29.1. The summed E-state index contributed by atoms with van der Waals surface area (Å²) in [5, 5.41) is 22.7. The van der Waals surface area contributed by atoms with Crippen molar-refractivity contribution in [3.8, 4) is 11.5 Å². The van der Waals surface area contributed by atoms with Crippen molar-refractivity contribution in [2.45, 2.75) is 43.2 Å². The van der Waals surface area contributed by atoms with Gasteiger partial charge in [0.1, 0.15) is 48.1 Å². The highest BCUT2D eigenvalue weighted by molar-refractivity contribution is 7.49. The number of benzene rings is 3. The molecule has 4 rings (SSSR count). The minimum Gasteiger partial charge on any atom is -0.395 e. The van der Waals surface area contributed by atoms with Crippen LogP contribution in [-0.4, -0.2) is 60.1 Å². The van der Waals surface area contributed by atoms with Crippen LogP contribution in [0.25, 0.3) is 0 Å². The molecule has 0 aromatic heterocycles. The molecule has 9 nitrogen and oxygen atoms in total. The predicted octanol–water partition coefficient (Wildman–Crippen LogP) is 5.10. The van der Waals surface area contributed by atoms with Crippen LogP contribution in [0, 0.1) is 0 Å². The summed E-state index contributed by atoms with van der Waals surface area (Å²) in [5.74, 6) is 0.447. The van der Waals surface area contributed by atoms with Crippen LogP contribution in [0.1, 0.15) is 5.56 Å². The molecule has 2 N–H and O–H groups in total. The maximum Gasteiger partial charge on any atom is 0.588 e. The Bertz CT molecular complexity index is 1210. The standard InChI is InChI=1S/C31H35O9P/c1-3-20-35-28-26(32)29(36-21-4-2)31(30(27(28)33)37-22-23-14-8-5-9-15-23)40-41(34,38-24-16-10-6-11-17-24)39-25-18-12-7-13-19-25/h3-19,26-33H,1-2,20-22H2/t26-,27+,28-,29+,30+,31-/m0/s1. The molecular formula is C31H35O9P.